The van der Waals surface area contributed by atoms with E-state index >= 15 is 0 Å². The smallest absolute Gasteiger partial charge is 0.0971 e. The zero-order chi connectivity index (χ0) is 19.9. The lowest BCUT2D eigenvalue weighted by Crippen LogP contribution is -2.47. The van der Waals surface area contributed by atoms with Gasteiger partial charge < -0.3 is 4.48 Å². The Morgan fingerprint density at radius 3 is 1.54 bits per heavy atom. The third-order valence-corrected chi connectivity index (χ3v) is 7.81. The highest BCUT2D eigenvalue weighted by Gasteiger charge is 2.44. The summed E-state index contributed by atoms with van der Waals surface area (Å²) < 4.78 is 1.39. The predicted molar refractivity (Wildman–Crippen MR) is 126 cm³/mol. The molecule has 0 bridgehead atoms. The molecule has 2 rings (SSSR count). The van der Waals surface area contributed by atoms with Crippen molar-refractivity contribution >= 4 is 0 Å². The zero-order valence-corrected chi connectivity index (χ0v) is 19.4. The second-order valence-corrected chi connectivity index (χ2v) is 10.3. The molecule has 0 aromatic carbocycles. The van der Waals surface area contributed by atoms with E-state index in [1.807, 2.05) is 0 Å². The first-order valence-corrected chi connectivity index (χ1v) is 13.3. The van der Waals surface area contributed by atoms with Gasteiger partial charge in [0.15, 0.2) is 0 Å². The Kier molecular flexibility index (Phi) is 12.5. The summed E-state index contributed by atoms with van der Waals surface area (Å²) in [4.78, 5) is 0. The number of quaternary nitrogens is 1. The van der Waals surface area contributed by atoms with Gasteiger partial charge in [-0.15, -0.1) is 0 Å². The van der Waals surface area contributed by atoms with E-state index in [4.69, 9.17) is 0 Å². The second-order valence-electron chi connectivity index (χ2n) is 10.3. The van der Waals surface area contributed by atoms with Gasteiger partial charge in [-0.3, -0.25) is 0 Å². The van der Waals surface area contributed by atoms with Crippen LogP contribution in [0.1, 0.15) is 122 Å². The van der Waals surface area contributed by atoms with Crippen LogP contribution in [0.3, 0.4) is 0 Å². The first kappa shape index (κ1) is 24.0. The second kappa shape index (κ2) is 14.6. The molecule has 164 valence electrons. The van der Waals surface area contributed by atoms with E-state index in [0.29, 0.717) is 0 Å². The van der Waals surface area contributed by atoms with Crippen molar-refractivity contribution in [3.8, 4) is 0 Å². The predicted octanol–water partition coefficient (Wildman–Crippen LogP) is 8.29. The number of rotatable bonds is 17. The van der Waals surface area contributed by atoms with Gasteiger partial charge in [0, 0.05) is 11.8 Å². The third-order valence-electron chi connectivity index (χ3n) is 7.81. The molecule has 1 nitrogen and oxygen atoms in total. The Hall–Kier alpha value is -0.300. The minimum atomic E-state index is 1.04. The molecule has 0 spiro atoms. The fourth-order valence-corrected chi connectivity index (χ4v) is 6.17. The quantitative estimate of drug-likeness (QED) is 0.133. The number of nitrogens with zero attached hydrogens (tertiary/aromatic N) is 1. The van der Waals surface area contributed by atoms with Crippen LogP contribution in [0.2, 0.25) is 0 Å². The molecule has 0 radical (unpaired) electrons. The average molecular weight is 391 g/mol. The maximum atomic E-state index is 4.09. The van der Waals surface area contributed by atoms with E-state index in [0.717, 1.165) is 11.8 Å². The van der Waals surface area contributed by atoms with Crippen molar-refractivity contribution < 1.29 is 4.48 Å². The first-order valence-electron chi connectivity index (χ1n) is 13.3. The summed E-state index contributed by atoms with van der Waals surface area (Å²) in [5.74, 6) is 2.08. The number of hydrogen-bond acceptors (Lipinski definition) is 0. The molecule has 1 saturated heterocycles. The Labute approximate surface area is 177 Å². The monoisotopic (exact) mass is 390 g/mol. The molecule has 28 heavy (non-hydrogen) atoms. The van der Waals surface area contributed by atoms with Crippen molar-refractivity contribution in [2.75, 3.05) is 26.2 Å². The minimum Gasteiger partial charge on any atom is -0.320 e. The molecular formula is C27H52N+. The average Bonchev–Trinajstić information content (AvgIpc) is 3.07. The Morgan fingerprint density at radius 1 is 0.679 bits per heavy atom. The molecule has 2 unspecified atom stereocenters. The van der Waals surface area contributed by atoms with Crippen LogP contribution in [0.25, 0.3) is 0 Å². The maximum Gasteiger partial charge on any atom is 0.0971 e. The normalized spacial score (nSPS) is 27.0. The Morgan fingerprint density at radius 2 is 1.11 bits per heavy atom. The number of hydrogen-bond donors (Lipinski definition) is 0. The summed E-state index contributed by atoms with van der Waals surface area (Å²) >= 11 is 0. The van der Waals surface area contributed by atoms with Gasteiger partial charge in [0.1, 0.15) is 0 Å². The molecule has 2 fully saturated rings. The molecule has 1 aliphatic heterocycles. The van der Waals surface area contributed by atoms with Crippen molar-refractivity contribution in [3.05, 3.63) is 12.7 Å². The van der Waals surface area contributed by atoms with E-state index in [1.165, 1.54) is 146 Å². The van der Waals surface area contributed by atoms with Crippen LogP contribution in [-0.4, -0.2) is 30.7 Å². The lowest BCUT2D eigenvalue weighted by atomic mass is 9.82. The summed E-state index contributed by atoms with van der Waals surface area (Å²) in [6.45, 7) is 12.0. The molecule has 1 heterocycles. The molecule has 2 atom stereocenters. The number of likely N-dealkylation sites (tertiary alicyclic amines) is 1. The van der Waals surface area contributed by atoms with Crippen LogP contribution < -0.4 is 0 Å². The van der Waals surface area contributed by atoms with Gasteiger partial charge in [0.05, 0.1) is 26.2 Å². The molecule has 1 heteroatoms. The molecule has 0 N–H and O–H groups in total. The van der Waals surface area contributed by atoms with Gasteiger partial charge in [-0.1, -0.05) is 103 Å². The molecule has 1 aliphatic carbocycles. The van der Waals surface area contributed by atoms with Crippen LogP contribution in [0, 0.1) is 11.8 Å². The lowest BCUT2D eigenvalue weighted by Gasteiger charge is -2.34. The first-order chi connectivity index (χ1) is 13.8. The Balaban J connectivity index is 1.43. The molecule has 0 amide bonds. The summed E-state index contributed by atoms with van der Waals surface area (Å²) in [6.07, 6.45) is 28.7. The van der Waals surface area contributed by atoms with Gasteiger partial charge in [0.25, 0.3) is 0 Å². The van der Waals surface area contributed by atoms with Gasteiger partial charge in [-0.05, 0) is 31.8 Å². The van der Waals surface area contributed by atoms with Gasteiger partial charge in [0.2, 0.25) is 0 Å². The molecule has 1 saturated carbocycles. The van der Waals surface area contributed by atoms with E-state index in [-0.39, 0.29) is 0 Å². The van der Waals surface area contributed by atoms with E-state index in [2.05, 4.69) is 19.6 Å². The maximum absolute atomic E-state index is 4.09. The van der Waals surface area contributed by atoms with Crippen molar-refractivity contribution in [2.24, 2.45) is 11.8 Å². The summed E-state index contributed by atoms with van der Waals surface area (Å²) in [5, 5.41) is 0. The number of fused-ring (bicyclic) bond motifs is 1. The minimum absolute atomic E-state index is 1.04. The van der Waals surface area contributed by atoms with Crippen LogP contribution in [0.15, 0.2) is 12.7 Å². The summed E-state index contributed by atoms with van der Waals surface area (Å²) in [5.41, 5.74) is 0. The van der Waals surface area contributed by atoms with Crippen LogP contribution >= 0.6 is 0 Å². The summed E-state index contributed by atoms with van der Waals surface area (Å²) in [6, 6.07) is 0. The molecule has 0 aromatic heterocycles. The van der Waals surface area contributed by atoms with Crippen LogP contribution in [0.5, 0.6) is 0 Å². The van der Waals surface area contributed by atoms with Crippen LogP contribution in [0.4, 0.5) is 0 Å². The fraction of sp³-hybridized carbons (Fsp3) is 0.926. The Bertz CT molecular complexity index is 374. The van der Waals surface area contributed by atoms with Gasteiger partial charge in [-0.25, -0.2) is 0 Å². The standard InChI is InChI=1S/C27H52N/c1-3-5-6-7-8-9-10-11-12-13-14-15-16-19-23-28(22-4-2)24-26-20-17-18-21-27(26)25-28/h4,26-27H,2-3,5-25H2,1H3/q+1. The van der Waals surface area contributed by atoms with Gasteiger partial charge in [-0.2, -0.15) is 0 Å². The zero-order valence-electron chi connectivity index (χ0n) is 19.4. The van der Waals surface area contributed by atoms with E-state index in [1.54, 1.807) is 0 Å². The van der Waals surface area contributed by atoms with E-state index in [9.17, 15) is 0 Å². The molecular weight excluding hydrogens is 338 g/mol. The summed E-state index contributed by atoms with van der Waals surface area (Å²) in [7, 11) is 0. The van der Waals surface area contributed by atoms with Gasteiger partial charge >= 0.3 is 0 Å². The number of unbranched alkanes of at least 4 members (excludes halogenated alkanes) is 13. The van der Waals surface area contributed by atoms with Crippen molar-refractivity contribution in [2.45, 2.75) is 122 Å². The van der Waals surface area contributed by atoms with Crippen molar-refractivity contribution in [3.63, 3.8) is 0 Å². The highest BCUT2D eigenvalue weighted by molar-refractivity contribution is 4.82. The highest BCUT2D eigenvalue weighted by atomic mass is 15.4. The van der Waals surface area contributed by atoms with Crippen molar-refractivity contribution in [1.29, 1.82) is 0 Å². The molecule has 0 aromatic rings. The van der Waals surface area contributed by atoms with Crippen LogP contribution in [-0.2, 0) is 0 Å². The van der Waals surface area contributed by atoms with Crippen molar-refractivity contribution in [1.82, 2.24) is 0 Å². The highest BCUT2D eigenvalue weighted by Crippen LogP contribution is 2.40. The fourth-order valence-electron chi connectivity index (χ4n) is 6.17. The topological polar surface area (TPSA) is 0 Å². The largest absolute Gasteiger partial charge is 0.320 e. The SMILES string of the molecule is C=CC[N+]1(CCCCCCCCCCCCCCCC)CC2CCCCC2C1. The third kappa shape index (κ3) is 9.02. The lowest BCUT2D eigenvalue weighted by molar-refractivity contribution is -0.914. The van der Waals surface area contributed by atoms with E-state index < -0.39 is 0 Å². The molecule has 2 aliphatic rings.